The second kappa shape index (κ2) is 8.75. The largest absolute Gasteiger partial charge is 0.497 e. The van der Waals surface area contributed by atoms with Gasteiger partial charge in [0.2, 0.25) is 11.9 Å². The fraction of sp³-hybridized carbons (Fsp3) is 0.250. The van der Waals surface area contributed by atoms with Crippen LogP contribution in [-0.4, -0.2) is 40.1 Å². The van der Waals surface area contributed by atoms with E-state index >= 15 is 0 Å². The Kier molecular flexibility index (Phi) is 5.92. The third kappa shape index (κ3) is 4.33. The molecule has 0 saturated carbocycles. The van der Waals surface area contributed by atoms with E-state index in [2.05, 4.69) is 20.4 Å². The number of hydrogen-bond acceptors (Lipinski definition) is 6. The summed E-state index contributed by atoms with van der Waals surface area (Å²) in [5.41, 5.74) is 1.93. The average molecular weight is 430 g/mol. The lowest BCUT2D eigenvalue weighted by molar-refractivity contribution is -0.118. The highest BCUT2D eigenvalue weighted by atomic mass is 35.5. The number of amides is 1. The molecular formula is C20H20ClN5O2S. The summed E-state index contributed by atoms with van der Waals surface area (Å²) >= 11 is 7.50. The van der Waals surface area contributed by atoms with Crippen LogP contribution in [0.25, 0.3) is 0 Å². The van der Waals surface area contributed by atoms with Crippen molar-refractivity contribution in [3.05, 3.63) is 59.1 Å². The van der Waals surface area contributed by atoms with Crippen molar-refractivity contribution in [1.29, 1.82) is 0 Å². The van der Waals surface area contributed by atoms with Gasteiger partial charge in [-0.2, -0.15) is 0 Å². The molecule has 150 valence electrons. The third-order valence-electron chi connectivity index (χ3n) is 4.64. The maximum Gasteiger partial charge on any atom is 0.232 e. The first-order valence-corrected chi connectivity index (χ1v) is 10.5. The molecule has 1 N–H and O–H groups in total. The first-order chi connectivity index (χ1) is 14.2. The zero-order valence-electron chi connectivity index (χ0n) is 15.8. The predicted octanol–water partition coefficient (Wildman–Crippen LogP) is 3.50. The fourth-order valence-electron chi connectivity index (χ4n) is 3.11. The number of benzene rings is 2. The minimum atomic E-state index is -0.0720. The summed E-state index contributed by atoms with van der Waals surface area (Å²) in [4.78, 5) is 14.3. The Balaban J connectivity index is 1.35. The number of aromatic nitrogens is 3. The Morgan fingerprint density at radius 1 is 1.17 bits per heavy atom. The highest BCUT2D eigenvalue weighted by Crippen LogP contribution is 2.32. The number of nitrogens with one attached hydrogen (secondary N) is 1. The summed E-state index contributed by atoms with van der Waals surface area (Å²) in [5, 5.41) is 12.9. The van der Waals surface area contributed by atoms with Crippen LogP contribution in [0.1, 0.15) is 5.56 Å². The standard InChI is InChI=1S/C20H20ClN5O2S/c1-28-16-8-6-15(7-9-16)25-10-11-26-19(25)23-24-20(26)29-13-18(27)22-12-14-4-2-3-5-17(14)21/h2-9H,10-13H2,1H3,(H,22,27). The Labute approximate surface area is 178 Å². The van der Waals surface area contributed by atoms with Crippen molar-refractivity contribution in [2.24, 2.45) is 0 Å². The van der Waals surface area contributed by atoms with Gasteiger partial charge in [-0.15, -0.1) is 10.2 Å². The molecule has 4 rings (SSSR count). The van der Waals surface area contributed by atoms with Crippen molar-refractivity contribution in [1.82, 2.24) is 20.1 Å². The number of thioether (sulfide) groups is 1. The SMILES string of the molecule is COc1ccc(N2CCn3c(SCC(=O)NCc4ccccc4Cl)nnc32)cc1. The summed E-state index contributed by atoms with van der Waals surface area (Å²) in [6.45, 7) is 1.99. The number of nitrogens with zero attached hydrogens (tertiary/aromatic N) is 4. The summed E-state index contributed by atoms with van der Waals surface area (Å²) in [6, 6.07) is 15.3. The molecule has 0 bridgehead atoms. The number of rotatable bonds is 7. The van der Waals surface area contributed by atoms with Crippen LogP contribution in [0.2, 0.25) is 5.02 Å². The van der Waals surface area contributed by atoms with Gasteiger partial charge in [0.25, 0.3) is 0 Å². The van der Waals surface area contributed by atoms with E-state index in [4.69, 9.17) is 16.3 Å². The first-order valence-electron chi connectivity index (χ1n) is 9.13. The molecule has 0 radical (unpaired) electrons. The molecule has 2 heterocycles. The topological polar surface area (TPSA) is 72.3 Å². The quantitative estimate of drug-likeness (QED) is 0.579. The maximum absolute atomic E-state index is 12.2. The number of carbonyl (C=O) groups excluding carboxylic acids is 1. The molecule has 29 heavy (non-hydrogen) atoms. The molecule has 0 atom stereocenters. The number of fused-ring (bicyclic) bond motifs is 1. The molecular weight excluding hydrogens is 410 g/mol. The van der Waals surface area contributed by atoms with Crippen molar-refractivity contribution in [3.63, 3.8) is 0 Å². The number of hydrogen-bond donors (Lipinski definition) is 1. The van der Waals surface area contributed by atoms with Crippen LogP contribution in [0, 0.1) is 0 Å². The molecule has 0 fully saturated rings. The van der Waals surface area contributed by atoms with Crippen LogP contribution in [0.4, 0.5) is 11.6 Å². The van der Waals surface area contributed by atoms with Crippen LogP contribution >= 0.6 is 23.4 Å². The number of methoxy groups -OCH3 is 1. The van der Waals surface area contributed by atoms with Gasteiger partial charge in [0.15, 0.2) is 5.16 Å². The van der Waals surface area contributed by atoms with Gasteiger partial charge in [0.1, 0.15) is 5.75 Å². The lowest BCUT2D eigenvalue weighted by Crippen LogP contribution is -2.24. The highest BCUT2D eigenvalue weighted by Gasteiger charge is 2.26. The summed E-state index contributed by atoms with van der Waals surface area (Å²) < 4.78 is 7.25. The number of carbonyl (C=O) groups is 1. The van der Waals surface area contributed by atoms with E-state index in [1.807, 2.05) is 53.1 Å². The van der Waals surface area contributed by atoms with Gasteiger partial charge in [-0.25, -0.2) is 0 Å². The van der Waals surface area contributed by atoms with Crippen LogP contribution in [-0.2, 0) is 17.9 Å². The third-order valence-corrected chi connectivity index (χ3v) is 5.97. The van der Waals surface area contributed by atoms with Crippen LogP contribution < -0.4 is 15.0 Å². The van der Waals surface area contributed by atoms with E-state index < -0.39 is 0 Å². The molecule has 7 nitrogen and oxygen atoms in total. The Bertz CT molecular complexity index is 1010. The molecule has 9 heteroatoms. The summed E-state index contributed by atoms with van der Waals surface area (Å²) in [7, 11) is 1.65. The Morgan fingerprint density at radius 3 is 2.72 bits per heavy atom. The van der Waals surface area contributed by atoms with Gasteiger partial charge in [-0.05, 0) is 35.9 Å². The van der Waals surface area contributed by atoms with Crippen molar-refractivity contribution in [2.45, 2.75) is 18.2 Å². The monoisotopic (exact) mass is 429 g/mol. The zero-order valence-corrected chi connectivity index (χ0v) is 17.4. The zero-order chi connectivity index (χ0) is 20.2. The Morgan fingerprint density at radius 2 is 1.97 bits per heavy atom. The minimum Gasteiger partial charge on any atom is -0.497 e. The van der Waals surface area contributed by atoms with Crippen molar-refractivity contribution >= 4 is 40.9 Å². The van der Waals surface area contributed by atoms with E-state index in [9.17, 15) is 4.79 Å². The molecule has 2 aromatic carbocycles. The highest BCUT2D eigenvalue weighted by molar-refractivity contribution is 7.99. The second-order valence-electron chi connectivity index (χ2n) is 6.44. The molecule has 0 spiro atoms. The van der Waals surface area contributed by atoms with E-state index in [-0.39, 0.29) is 11.7 Å². The van der Waals surface area contributed by atoms with Crippen molar-refractivity contribution in [3.8, 4) is 5.75 Å². The number of halogens is 1. The lowest BCUT2D eigenvalue weighted by Gasteiger charge is -2.15. The smallest absolute Gasteiger partial charge is 0.232 e. The fourth-order valence-corrected chi connectivity index (χ4v) is 4.10. The number of ether oxygens (including phenoxy) is 1. The Hall–Kier alpha value is -2.71. The predicted molar refractivity (Wildman–Crippen MR) is 114 cm³/mol. The van der Waals surface area contributed by atoms with Crippen molar-refractivity contribution < 1.29 is 9.53 Å². The molecule has 0 saturated heterocycles. The normalized spacial score (nSPS) is 12.7. The molecule has 1 aromatic heterocycles. The van der Waals surface area contributed by atoms with Gasteiger partial charge in [-0.3, -0.25) is 9.36 Å². The van der Waals surface area contributed by atoms with Crippen LogP contribution in [0.5, 0.6) is 5.75 Å². The van der Waals surface area contributed by atoms with Gasteiger partial charge < -0.3 is 15.0 Å². The van der Waals surface area contributed by atoms with E-state index in [1.54, 1.807) is 7.11 Å². The van der Waals surface area contributed by atoms with Crippen LogP contribution in [0.3, 0.4) is 0 Å². The molecule has 0 unspecified atom stereocenters. The van der Waals surface area contributed by atoms with Crippen LogP contribution in [0.15, 0.2) is 53.7 Å². The van der Waals surface area contributed by atoms with Gasteiger partial charge in [0, 0.05) is 30.3 Å². The summed E-state index contributed by atoms with van der Waals surface area (Å²) in [6.07, 6.45) is 0. The first kappa shape index (κ1) is 19.6. The van der Waals surface area contributed by atoms with Gasteiger partial charge in [0.05, 0.1) is 12.9 Å². The minimum absolute atomic E-state index is 0.0720. The average Bonchev–Trinajstić information content (AvgIpc) is 3.34. The van der Waals surface area contributed by atoms with Crippen molar-refractivity contribution in [2.75, 3.05) is 24.3 Å². The van der Waals surface area contributed by atoms with E-state index in [0.29, 0.717) is 11.6 Å². The number of anilines is 2. The molecule has 1 amide bonds. The van der Waals surface area contributed by atoms with Gasteiger partial charge in [-0.1, -0.05) is 41.6 Å². The molecule has 1 aliphatic heterocycles. The molecule has 1 aliphatic rings. The lowest BCUT2D eigenvalue weighted by atomic mass is 10.2. The second-order valence-corrected chi connectivity index (χ2v) is 7.79. The maximum atomic E-state index is 12.2. The molecule has 3 aromatic rings. The van der Waals surface area contributed by atoms with Gasteiger partial charge >= 0.3 is 0 Å². The van der Waals surface area contributed by atoms with E-state index in [1.165, 1.54) is 11.8 Å². The summed E-state index contributed by atoms with van der Waals surface area (Å²) in [5.74, 6) is 1.80. The van der Waals surface area contributed by atoms with E-state index in [0.717, 1.165) is 41.2 Å². The molecule has 0 aliphatic carbocycles.